The van der Waals surface area contributed by atoms with Gasteiger partial charge in [-0.25, -0.2) is 22.7 Å². The molecule has 0 radical (unpaired) electrons. The highest BCUT2D eigenvalue weighted by molar-refractivity contribution is 5.79. The van der Waals surface area contributed by atoms with Gasteiger partial charge in [-0.1, -0.05) is 24.3 Å². The van der Waals surface area contributed by atoms with Gasteiger partial charge in [0.05, 0.1) is 0 Å². The molecule has 6 nitrogen and oxygen atoms in total. The quantitative estimate of drug-likeness (QED) is 0.793. The Kier molecular flexibility index (Phi) is 3.13. The summed E-state index contributed by atoms with van der Waals surface area (Å²) in [6.45, 7) is 13.8. The van der Waals surface area contributed by atoms with Crippen LogP contribution in [0.3, 0.4) is 0 Å². The number of benzene rings is 1. The Morgan fingerprint density at radius 3 is 1.56 bits per heavy atom. The van der Waals surface area contributed by atoms with Crippen LogP contribution in [0, 0.1) is 13.1 Å². The first-order valence-corrected chi connectivity index (χ1v) is 4.76. The number of nitrogens with zero attached hydrogens (tertiary/aromatic N) is 2. The Morgan fingerprint density at radius 1 is 1.00 bits per heavy atom. The standard InChI is InChI=1S/C12H8N2O4/c1-13-9(11(15)16)7-3-5-8(6-4-7)10(14-2)12(17)18/h3-6,9-10H,(H,15,16)(H,17,18)/i/hD2. The van der Waals surface area contributed by atoms with Crippen molar-refractivity contribution in [3.63, 3.8) is 0 Å². The second kappa shape index (κ2) is 5.46. The van der Waals surface area contributed by atoms with Crippen molar-refractivity contribution in [2.24, 2.45) is 0 Å². The molecule has 1 aromatic carbocycles. The molecule has 1 rings (SSSR count). The van der Waals surface area contributed by atoms with Gasteiger partial charge >= 0.3 is 24.0 Å². The molecule has 0 bridgehead atoms. The molecule has 2 atom stereocenters. The third kappa shape index (κ3) is 2.63. The number of carboxylic acid groups (broad SMARTS) is 2. The molecule has 2 unspecified atom stereocenters. The van der Waals surface area contributed by atoms with Gasteiger partial charge in [-0.3, -0.25) is 9.69 Å². The lowest BCUT2D eigenvalue weighted by Crippen LogP contribution is -2.09. The maximum Gasteiger partial charge on any atom is 0.392 e. The van der Waals surface area contributed by atoms with E-state index >= 15 is 0 Å². The van der Waals surface area contributed by atoms with E-state index < -0.39 is 24.0 Å². The van der Waals surface area contributed by atoms with E-state index in [2.05, 4.69) is 19.9 Å². The summed E-state index contributed by atoms with van der Waals surface area (Å²) in [5.41, 5.74) is 0.563. The largest absolute Gasteiger partial charge is 0.475 e. The van der Waals surface area contributed by atoms with E-state index in [0.717, 1.165) is 0 Å². The first-order chi connectivity index (χ1) is 9.58. The normalized spacial score (nSPS) is 13.9. The number of rotatable bonds is 4. The van der Waals surface area contributed by atoms with E-state index in [1.54, 1.807) is 0 Å². The van der Waals surface area contributed by atoms with Crippen LogP contribution in [-0.4, -0.2) is 22.2 Å². The van der Waals surface area contributed by atoms with Gasteiger partial charge in [0.2, 0.25) is 0 Å². The molecule has 0 aliphatic heterocycles. The molecule has 90 valence electrons. The van der Waals surface area contributed by atoms with E-state index in [4.69, 9.17) is 16.0 Å². The number of carbonyl (C=O) groups is 2. The van der Waals surface area contributed by atoms with Crippen LogP contribution in [0.4, 0.5) is 0 Å². The van der Waals surface area contributed by atoms with Crippen molar-refractivity contribution in [2.75, 3.05) is 0 Å². The average Bonchev–Trinajstić information content (AvgIpc) is 2.49. The van der Waals surface area contributed by atoms with Gasteiger partial charge in [-0.15, -0.1) is 0 Å². The predicted octanol–water partition coefficient (Wildman–Crippen LogP) is 1.78. The fourth-order valence-electron chi connectivity index (χ4n) is 1.39. The zero-order valence-corrected chi connectivity index (χ0v) is 8.99. The summed E-state index contributed by atoms with van der Waals surface area (Å²) in [5, 5.41) is 7.52. The summed E-state index contributed by atoms with van der Waals surface area (Å²) < 4.78 is 13.0. The smallest absolute Gasteiger partial charge is 0.392 e. The maximum absolute atomic E-state index is 11.2. The van der Waals surface area contributed by atoms with E-state index in [-0.39, 0.29) is 11.1 Å². The first-order valence-electron chi connectivity index (χ1n) is 5.57. The average molecular weight is 246 g/mol. The third-order valence-electron chi connectivity index (χ3n) is 2.27. The first kappa shape index (κ1) is 10.3. The van der Waals surface area contributed by atoms with Crippen LogP contribution in [0.5, 0.6) is 0 Å². The van der Waals surface area contributed by atoms with E-state index in [1.807, 2.05) is 0 Å². The number of hydrogen-bond acceptors (Lipinski definition) is 4. The van der Waals surface area contributed by atoms with Gasteiger partial charge in [0.1, 0.15) is 0 Å². The Bertz CT molecular complexity index is 536. The molecule has 0 spiro atoms. The lowest BCUT2D eigenvalue weighted by Gasteiger charge is -2.03. The fourth-order valence-corrected chi connectivity index (χ4v) is 1.39. The monoisotopic (exact) mass is 246 g/mol. The van der Waals surface area contributed by atoms with Crippen molar-refractivity contribution in [3.05, 3.63) is 58.2 Å². The molecule has 0 aromatic heterocycles. The molecule has 6 heteroatoms. The molecule has 0 saturated heterocycles. The summed E-state index contributed by atoms with van der Waals surface area (Å²) in [5.74, 6) is -2.03. The summed E-state index contributed by atoms with van der Waals surface area (Å²) in [6.07, 6.45) is 0. The molecule has 18 heavy (non-hydrogen) atoms. The SMILES string of the molecule is [2H]OC(=O)C([N+]#[C-])c1ccc(C([N+]#[C-])C(=O)O[2H])cc1. The molecule has 0 heterocycles. The van der Waals surface area contributed by atoms with Crippen LogP contribution in [0.25, 0.3) is 12.6 Å². The molecule has 2 N–H and O–H groups in total. The van der Waals surface area contributed by atoms with Crippen molar-refractivity contribution in [1.82, 2.24) is 0 Å². The topological polar surface area (TPSA) is 83.3 Å². The summed E-state index contributed by atoms with van der Waals surface area (Å²) in [6, 6.07) is 2.98. The van der Waals surface area contributed by atoms with E-state index in [0.29, 0.717) is 0 Å². The highest BCUT2D eigenvalue weighted by atomic mass is 16.4. The van der Waals surface area contributed by atoms with Crippen LogP contribution >= 0.6 is 0 Å². The second-order valence-corrected chi connectivity index (χ2v) is 3.37. The molecule has 0 aliphatic rings. The zero-order valence-electron chi connectivity index (χ0n) is 11.0. The van der Waals surface area contributed by atoms with Crippen molar-refractivity contribution in [2.45, 2.75) is 12.1 Å². The molecule has 0 fully saturated rings. The number of aliphatic carboxylic acids is 2. The van der Waals surface area contributed by atoms with E-state index in [1.165, 1.54) is 24.3 Å². The van der Waals surface area contributed by atoms with Crippen molar-refractivity contribution >= 4 is 11.9 Å². The second-order valence-electron chi connectivity index (χ2n) is 3.37. The fraction of sp³-hybridized carbons (Fsp3) is 0.167. The van der Waals surface area contributed by atoms with Gasteiger partial charge < -0.3 is 10.2 Å². The summed E-state index contributed by atoms with van der Waals surface area (Å²) in [4.78, 5) is 28.5. The Hall–Kier alpha value is -2.86. The zero-order chi connectivity index (χ0) is 15.1. The highest BCUT2D eigenvalue weighted by Crippen LogP contribution is 2.22. The highest BCUT2D eigenvalue weighted by Gasteiger charge is 2.28. The van der Waals surface area contributed by atoms with Gasteiger partial charge in [0.15, 0.2) is 0 Å². The van der Waals surface area contributed by atoms with Crippen molar-refractivity contribution < 1.29 is 19.8 Å². The van der Waals surface area contributed by atoms with E-state index in [9.17, 15) is 9.59 Å². The minimum Gasteiger partial charge on any atom is -0.475 e. The van der Waals surface area contributed by atoms with Crippen LogP contribution in [0.15, 0.2) is 24.3 Å². The third-order valence-corrected chi connectivity index (χ3v) is 2.27. The van der Waals surface area contributed by atoms with Crippen LogP contribution in [-0.2, 0) is 9.59 Å². The van der Waals surface area contributed by atoms with Gasteiger partial charge in [-0.2, -0.15) is 0 Å². The molecule has 0 saturated carbocycles. The van der Waals surface area contributed by atoms with Crippen LogP contribution in [0.1, 0.15) is 23.2 Å². The van der Waals surface area contributed by atoms with Crippen molar-refractivity contribution in [3.8, 4) is 0 Å². The van der Waals surface area contributed by atoms with Gasteiger partial charge in [-0.05, 0) is 0 Å². The molecule has 0 aliphatic carbocycles. The molecule has 1 aromatic rings. The number of hydrogen-bond donors (Lipinski definition) is 2. The van der Waals surface area contributed by atoms with Crippen LogP contribution < -0.4 is 0 Å². The predicted molar refractivity (Wildman–Crippen MR) is 60.4 cm³/mol. The lowest BCUT2D eigenvalue weighted by molar-refractivity contribution is -0.138. The van der Waals surface area contributed by atoms with Gasteiger partial charge in [0, 0.05) is 11.1 Å². The molecule has 0 amide bonds. The summed E-state index contributed by atoms with van der Waals surface area (Å²) in [7, 11) is 0. The Balaban J connectivity index is 3.05. The maximum atomic E-state index is 11.2. The van der Waals surface area contributed by atoms with Gasteiger partial charge in [0.25, 0.3) is 2.86 Å². The van der Waals surface area contributed by atoms with Crippen LogP contribution in [0.2, 0.25) is 0 Å². The molecular formula is C12H8N2O4. The minimum atomic E-state index is -1.27. The number of carboxylic acids is 2. The summed E-state index contributed by atoms with van der Waals surface area (Å²) >= 11 is 0. The Labute approximate surface area is 106 Å². The minimum absolute atomic E-state index is 0.281. The lowest BCUT2D eigenvalue weighted by atomic mass is 10.0. The van der Waals surface area contributed by atoms with Crippen molar-refractivity contribution in [1.29, 1.82) is 2.86 Å². The molecular weight excluding hydrogens is 236 g/mol. The Morgan fingerprint density at radius 2 is 1.33 bits per heavy atom.